The number of aliphatic carboxylic acids is 1. The highest BCUT2D eigenvalue weighted by molar-refractivity contribution is 7.47. The lowest BCUT2D eigenvalue weighted by Gasteiger charge is -2.20. The molecule has 5 N–H and O–H groups in total. The number of phosphoric acid groups is 1. The summed E-state index contributed by atoms with van der Waals surface area (Å²) in [5.74, 6) is -2.47. The fourth-order valence-corrected chi connectivity index (χ4v) is 7.15. The van der Waals surface area contributed by atoms with Crippen LogP contribution < -0.4 is 5.73 Å². The average molecular weight is 884 g/mol. The molecule has 13 heteroatoms. The van der Waals surface area contributed by atoms with Crippen molar-refractivity contribution in [3.8, 4) is 0 Å². The highest BCUT2D eigenvalue weighted by atomic mass is 31.2. The van der Waals surface area contributed by atoms with Gasteiger partial charge in [-0.2, -0.15) is 0 Å². The van der Waals surface area contributed by atoms with Gasteiger partial charge in [-0.3, -0.25) is 23.4 Å². The highest BCUT2D eigenvalue weighted by Gasteiger charge is 2.28. The van der Waals surface area contributed by atoms with Gasteiger partial charge in [-0.1, -0.05) is 191 Å². The molecule has 0 aliphatic rings. The van der Waals surface area contributed by atoms with E-state index in [4.69, 9.17) is 24.8 Å². The van der Waals surface area contributed by atoms with Gasteiger partial charge >= 0.3 is 25.7 Å². The maximum atomic E-state index is 12.7. The van der Waals surface area contributed by atoms with Crippen LogP contribution in [-0.4, -0.2) is 71.1 Å². The van der Waals surface area contributed by atoms with E-state index in [0.29, 0.717) is 19.3 Å². The number of unbranched alkanes of at least 4 members (excludes halogenated alkanes) is 20. The van der Waals surface area contributed by atoms with E-state index in [0.717, 1.165) is 57.8 Å². The minimum absolute atomic E-state index is 0.130. The van der Waals surface area contributed by atoms with Gasteiger partial charge in [-0.05, 0) is 44.9 Å². The maximum absolute atomic E-state index is 12.7. The molecule has 0 radical (unpaired) electrons. The quantitative estimate of drug-likeness (QED) is 0.0196. The third-order valence-corrected chi connectivity index (χ3v) is 11.1. The molecule has 0 saturated carbocycles. The summed E-state index contributed by atoms with van der Waals surface area (Å²) in [6.07, 6.45) is 45.2. The Bertz CT molecular complexity index is 1240. The minimum atomic E-state index is -4.74. The molecule has 0 aromatic carbocycles. The van der Waals surface area contributed by atoms with E-state index in [1.54, 1.807) is 0 Å². The van der Waals surface area contributed by atoms with Crippen LogP contribution in [0.5, 0.6) is 0 Å². The Labute approximate surface area is 369 Å². The van der Waals surface area contributed by atoms with Crippen molar-refractivity contribution in [3.63, 3.8) is 0 Å². The molecular weight excluding hydrogens is 797 g/mol. The predicted octanol–water partition coefficient (Wildman–Crippen LogP) is 11.9. The maximum Gasteiger partial charge on any atom is 0.472 e. The van der Waals surface area contributed by atoms with Crippen molar-refractivity contribution in [2.45, 2.75) is 218 Å². The normalized spacial score (nSPS) is 14.6. The molecule has 4 atom stereocenters. The Kier molecular flexibility index (Phi) is 40.9. The number of carboxylic acids is 1. The second kappa shape index (κ2) is 42.7. The van der Waals surface area contributed by atoms with E-state index in [-0.39, 0.29) is 25.6 Å². The SMILES string of the molecule is CCCCCCCCCCCCCCCCCCCCCC(=O)O[C@H](COC(=O)CCC/C=C\C/C=C\C/C=C\C/C=C\[C@@H](O)CCCC)COP(=O)(O)OC[C@H](N)C(=O)O. The Morgan fingerprint density at radius 3 is 1.52 bits per heavy atom. The first-order chi connectivity index (χ1) is 29.5. The number of nitrogens with two attached hydrogens (primary N) is 1. The molecule has 1 unspecified atom stereocenters. The van der Waals surface area contributed by atoms with Gasteiger partial charge in [0.15, 0.2) is 6.10 Å². The van der Waals surface area contributed by atoms with Crippen molar-refractivity contribution >= 4 is 25.7 Å². The first kappa shape index (κ1) is 58.4. The van der Waals surface area contributed by atoms with Gasteiger partial charge in [0, 0.05) is 12.8 Å². The lowest BCUT2D eigenvalue weighted by Crippen LogP contribution is -2.34. The highest BCUT2D eigenvalue weighted by Crippen LogP contribution is 2.43. The largest absolute Gasteiger partial charge is 0.480 e. The Hall–Kier alpha value is -2.60. The summed E-state index contributed by atoms with van der Waals surface area (Å²) in [7, 11) is -4.74. The second-order valence-electron chi connectivity index (χ2n) is 16.1. The smallest absolute Gasteiger partial charge is 0.472 e. The summed E-state index contributed by atoms with van der Waals surface area (Å²) in [6, 6.07) is -1.54. The summed E-state index contributed by atoms with van der Waals surface area (Å²) in [6.45, 7) is 2.61. The van der Waals surface area contributed by atoms with Gasteiger partial charge in [0.2, 0.25) is 0 Å². The zero-order valence-corrected chi connectivity index (χ0v) is 39.0. The number of carbonyl (C=O) groups excluding carboxylic acids is 2. The van der Waals surface area contributed by atoms with Crippen molar-refractivity contribution in [2.75, 3.05) is 19.8 Å². The third-order valence-electron chi connectivity index (χ3n) is 10.2. The zero-order chi connectivity index (χ0) is 45.1. The number of hydrogen-bond acceptors (Lipinski definition) is 10. The first-order valence-corrected chi connectivity index (χ1v) is 25.2. The monoisotopic (exact) mass is 884 g/mol. The molecule has 0 spiro atoms. The molecule has 0 rings (SSSR count). The number of hydrogen-bond donors (Lipinski definition) is 4. The van der Waals surface area contributed by atoms with Crippen LogP contribution in [0.4, 0.5) is 0 Å². The van der Waals surface area contributed by atoms with Gasteiger partial charge in [-0.15, -0.1) is 0 Å². The molecule has 0 bridgehead atoms. The van der Waals surface area contributed by atoms with Crippen LogP contribution in [0.25, 0.3) is 0 Å². The molecule has 0 saturated heterocycles. The van der Waals surface area contributed by atoms with Gasteiger partial charge in [0.05, 0.1) is 19.3 Å². The number of aliphatic hydroxyl groups is 1. The van der Waals surface area contributed by atoms with Crippen molar-refractivity contribution in [3.05, 3.63) is 48.6 Å². The topological polar surface area (TPSA) is 192 Å². The van der Waals surface area contributed by atoms with Crippen LogP contribution in [0.15, 0.2) is 48.6 Å². The fraction of sp³-hybridized carbons (Fsp3) is 0.771. The molecular formula is C48H86NO11P. The van der Waals surface area contributed by atoms with Crippen molar-refractivity contribution in [2.24, 2.45) is 5.73 Å². The van der Waals surface area contributed by atoms with Gasteiger partial charge in [0.25, 0.3) is 0 Å². The van der Waals surface area contributed by atoms with E-state index in [9.17, 15) is 28.9 Å². The van der Waals surface area contributed by atoms with Crippen LogP contribution in [0, 0.1) is 0 Å². The van der Waals surface area contributed by atoms with Crippen LogP contribution >= 0.6 is 7.82 Å². The minimum Gasteiger partial charge on any atom is -0.480 e. The Balaban J connectivity index is 4.39. The number of allylic oxidation sites excluding steroid dienone is 7. The summed E-state index contributed by atoms with van der Waals surface area (Å²) < 4.78 is 32.7. The number of ether oxygens (including phenoxy) is 2. The van der Waals surface area contributed by atoms with Crippen LogP contribution in [-0.2, 0) is 37.5 Å². The molecule has 0 aromatic rings. The number of aliphatic hydroxyl groups excluding tert-OH is 1. The molecule has 0 aliphatic carbocycles. The zero-order valence-electron chi connectivity index (χ0n) is 38.1. The van der Waals surface area contributed by atoms with Gasteiger partial charge in [0.1, 0.15) is 12.6 Å². The average Bonchev–Trinajstić information content (AvgIpc) is 3.23. The summed E-state index contributed by atoms with van der Waals surface area (Å²) >= 11 is 0. The number of carbonyl (C=O) groups is 3. The molecule has 0 fully saturated rings. The first-order valence-electron chi connectivity index (χ1n) is 23.8. The van der Waals surface area contributed by atoms with Crippen molar-refractivity contribution < 1.29 is 52.6 Å². The van der Waals surface area contributed by atoms with Crippen molar-refractivity contribution in [1.29, 1.82) is 0 Å². The molecule has 61 heavy (non-hydrogen) atoms. The predicted molar refractivity (Wildman–Crippen MR) is 246 cm³/mol. The summed E-state index contributed by atoms with van der Waals surface area (Å²) in [5.41, 5.74) is 5.34. The standard InChI is InChI=1S/C48H86NO11P/c1-3-5-7-8-9-10-11-12-13-14-15-16-17-18-23-26-29-32-35-39-47(52)60-44(41-58-61(55,56)59-42-45(49)48(53)54)40-57-46(51)38-34-31-28-25-22-20-19-21-24-27-30-33-37-43(50)36-6-4-2/h19-20,24-25,27-28,33,37,43-45,50H,3-18,21-23,26,29-32,34-36,38-42,49H2,1-2H3,(H,53,54)(H,55,56)/b20-19-,27-24-,28-25-,37-33-/t43-,44+,45-/m0/s1. The fourth-order valence-electron chi connectivity index (χ4n) is 6.37. The second-order valence-corrected chi connectivity index (χ2v) is 17.5. The van der Waals surface area contributed by atoms with Gasteiger partial charge in [-0.25, -0.2) is 4.57 Å². The summed E-state index contributed by atoms with van der Waals surface area (Å²) in [4.78, 5) is 46.0. The number of phosphoric ester groups is 1. The molecule has 0 aliphatic heterocycles. The van der Waals surface area contributed by atoms with Crippen LogP contribution in [0.2, 0.25) is 0 Å². The molecule has 354 valence electrons. The lowest BCUT2D eigenvalue weighted by atomic mass is 10.0. The molecule has 12 nitrogen and oxygen atoms in total. The lowest BCUT2D eigenvalue weighted by molar-refractivity contribution is -0.161. The van der Waals surface area contributed by atoms with Crippen LogP contribution in [0.3, 0.4) is 0 Å². The van der Waals surface area contributed by atoms with Crippen molar-refractivity contribution in [1.82, 2.24) is 0 Å². The molecule has 0 aromatic heterocycles. The Morgan fingerprint density at radius 1 is 0.574 bits per heavy atom. The van der Waals surface area contributed by atoms with E-state index < -0.39 is 51.1 Å². The Morgan fingerprint density at radius 2 is 1.02 bits per heavy atom. The van der Waals surface area contributed by atoms with E-state index in [2.05, 4.69) is 42.7 Å². The number of esters is 2. The van der Waals surface area contributed by atoms with Crippen LogP contribution in [0.1, 0.15) is 200 Å². The number of carboxylic acid groups (broad SMARTS) is 1. The van der Waals surface area contributed by atoms with Gasteiger partial charge < -0.3 is 30.3 Å². The van der Waals surface area contributed by atoms with E-state index in [1.165, 1.54) is 96.3 Å². The van der Waals surface area contributed by atoms with E-state index >= 15 is 0 Å². The number of rotatable bonds is 44. The van der Waals surface area contributed by atoms with E-state index in [1.807, 2.05) is 24.3 Å². The third kappa shape index (κ3) is 42.5. The molecule has 0 heterocycles. The molecule has 0 amide bonds. The summed E-state index contributed by atoms with van der Waals surface area (Å²) in [5, 5.41) is 18.7.